The van der Waals surface area contributed by atoms with Crippen molar-refractivity contribution in [3.63, 3.8) is 0 Å². The number of aromatic nitrogens is 2. The summed E-state index contributed by atoms with van der Waals surface area (Å²) >= 11 is 1.47. The van der Waals surface area contributed by atoms with Gasteiger partial charge in [0, 0.05) is 5.39 Å². The molecule has 0 aliphatic rings. The standard InChI is InChI=1S/C16H12N4OS/c1-9-6-7-11-10(8-9)14(15(21)17-11)19-20-16-18-12-4-2-3-5-13(12)22-16/h2-8,17,21H,1H3. The number of nitrogens with one attached hydrogen (secondary N) is 1. The number of para-hydroxylation sites is 1. The first kappa shape index (κ1) is 13.0. The number of aryl methyl sites for hydroxylation is 1. The van der Waals surface area contributed by atoms with Crippen molar-refractivity contribution in [3.8, 4) is 5.88 Å². The van der Waals surface area contributed by atoms with Gasteiger partial charge in [0.15, 0.2) is 5.69 Å². The molecule has 4 rings (SSSR count). The van der Waals surface area contributed by atoms with Crippen molar-refractivity contribution < 1.29 is 5.11 Å². The van der Waals surface area contributed by atoms with Crippen molar-refractivity contribution in [2.75, 3.05) is 0 Å². The van der Waals surface area contributed by atoms with E-state index in [2.05, 4.69) is 20.2 Å². The van der Waals surface area contributed by atoms with E-state index in [1.165, 1.54) is 11.3 Å². The Hall–Kier alpha value is -2.73. The molecule has 5 nitrogen and oxygen atoms in total. The summed E-state index contributed by atoms with van der Waals surface area (Å²) in [5, 5.41) is 19.8. The van der Waals surface area contributed by atoms with Crippen LogP contribution in [0.15, 0.2) is 52.7 Å². The maximum absolute atomic E-state index is 10.0. The van der Waals surface area contributed by atoms with E-state index in [9.17, 15) is 5.11 Å². The molecule has 2 heterocycles. The fourth-order valence-electron chi connectivity index (χ4n) is 2.37. The van der Waals surface area contributed by atoms with Gasteiger partial charge in [0.2, 0.25) is 11.0 Å². The summed E-state index contributed by atoms with van der Waals surface area (Å²) in [5.74, 6) is 0.0189. The minimum Gasteiger partial charge on any atom is -0.493 e. The molecule has 0 bridgehead atoms. The Balaban J connectivity index is 1.79. The van der Waals surface area contributed by atoms with Gasteiger partial charge < -0.3 is 10.1 Å². The molecule has 4 aromatic rings. The SMILES string of the molecule is Cc1ccc2[nH]c(O)c(N=Nc3nc4ccccc4s3)c2c1. The van der Waals surface area contributed by atoms with Crippen LogP contribution in [0.25, 0.3) is 21.1 Å². The fourth-order valence-corrected chi connectivity index (χ4v) is 3.16. The van der Waals surface area contributed by atoms with Gasteiger partial charge in [-0.3, -0.25) is 0 Å². The van der Waals surface area contributed by atoms with Crippen LogP contribution in [0.1, 0.15) is 5.56 Å². The first-order valence-electron chi connectivity index (χ1n) is 6.79. The van der Waals surface area contributed by atoms with Gasteiger partial charge in [-0.2, -0.15) is 0 Å². The number of aromatic amines is 1. The predicted octanol–water partition coefficient (Wildman–Crippen LogP) is 5.21. The number of nitrogens with zero attached hydrogens (tertiary/aromatic N) is 3. The molecule has 0 spiro atoms. The number of azo groups is 1. The van der Waals surface area contributed by atoms with Crippen LogP contribution in [0.4, 0.5) is 10.8 Å². The molecular formula is C16H12N4OS. The van der Waals surface area contributed by atoms with Crippen LogP contribution in [0.5, 0.6) is 5.88 Å². The second-order valence-corrected chi connectivity index (χ2v) is 6.04. The number of hydrogen-bond donors (Lipinski definition) is 2. The molecule has 0 saturated carbocycles. The van der Waals surface area contributed by atoms with Gasteiger partial charge in [0.25, 0.3) is 0 Å². The molecule has 0 amide bonds. The topological polar surface area (TPSA) is 73.6 Å². The van der Waals surface area contributed by atoms with E-state index in [1.807, 2.05) is 49.4 Å². The fraction of sp³-hybridized carbons (Fsp3) is 0.0625. The molecule has 108 valence electrons. The van der Waals surface area contributed by atoms with Crippen LogP contribution < -0.4 is 0 Å². The quantitative estimate of drug-likeness (QED) is 0.499. The summed E-state index contributed by atoms with van der Waals surface area (Å²) in [7, 11) is 0. The van der Waals surface area contributed by atoms with Crippen LogP contribution in [0.2, 0.25) is 0 Å². The average Bonchev–Trinajstić information content (AvgIpc) is 3.05. The van der Waals surface area contributed by atoms with Crippen molar-refractivity contribution in [1.29, 1.82) is 0 Å². The Morgan fingerprint density at radius 2 is 2.00 bits per heavy atom. The van der Waals surface area contributed by atoms with Gasteiger partial charge in [-0.25, -0.2) is 4.98 Å². The predicted molar refractivity (Wildman–Crippen MR) is 88.5 cm³/mol. The lowest BCUT2D eigenvalue weighted by molar-refractivity contribution is 0.459. The average molecular weight is 308 g/mol. The molecule has 2 aromatic heterocycles. The van der Waals surface area contributed by atoms with E-state index < -0.39 is 0 Å². The Bertz CT molecular complexity index is 983. The number of thiazole rings is 1. The normalized spacial score (nSPS) is 11.9. The number of hydrogen-bond acceptors (Lipinski definition) is 5. The van der Waals surface area contributed by atoms with E-state index in [1.54, 1.807) is 0 Å². The van der Waals surface area contributed by atoms with Gasteiger partial charge in [0.1, 0.15) is 0 Å². The lowest BCUT2D eigenvalue weighted by Gasteiger charge is -1.93. The van der Waals surface area contributed by atoms with Gasteiger partial charge in [-0.1, -0.05) is 35.1 Å². The molecule has 0 aliphatic carbocycles. The lowest BCUT2D eigenvalue weighted by atomic mass is 10.2. The third-order valence-electron chi connectivity index (χ3n) is 3.43. The molecule has 0 fully saturated rings. The van der Waals surface area contributed by atoms with E-state index in [0.717, 1.165) is 26.7 Å². The minimum absolute atomic E-state index is 0.0189. The maximum Gasteiger partial charge on any atom is 0.231 e. The molecule has 0 atom stereocenters. The lowest BCUT2D eigenvalue weighted by Crippen LogP contribution is -1.71. The molecule has 0 aliphatic heterocycles. The highest BCUT2D eigenvalue weighted by Crippen LogP contribution is 2.37. The zero-order chi connectivity index (χ0) is 15.1. The Morgan fingerprint density at radius 3 is 2.86 bits per heavy atom. The van der Waals surface area contributed by atoms with Crippen LogP contribution in [0.3, 0.4) is 0 Å². The van der Waals surface area contributed by atoms with Crippen molar-refractivity contribution in [1.82, 2.24) is 9.97 Å². The first-order valence-corrected chi connectivity index (χ1v) is 7.61. The molecular weight excluding hydrogens is 296 g/mol. The van der Waals surface area contributed by atoms with E-state index >= 15 is 0 Å². The third-order valence-corrected chi connectivity index (χ3v) is 4.35. The summed E-state index contributed by atoms with van der Waals surface area (Å²) in [4.78, 5) is 7.31. The largest absolute Gasteiger partial charge is 0.493 e. The second kappa shape index (κ2) is 4.92. The summed E-state index contributed by atoms with van der Waals surface area (Å²) in [6, 6.07) is 13.7. The summed E-state index contributed by atoms with van der Waals surface area (Å²) in [6.07, 6.45) is 0. The van der Waals surface area contributed by atoms with Gasteiger partial charge in [-0.15, -0.1) is 10.2 Å². The first-order chi connectivity index (χ1) is 10.7. The molecule has 0 saturated heterocycles. The van der Waals surface area contributed by atoms with Gasteiger partial charge in [0.05, 0.1) is 15.7 Å². The Labute approximate surface area is 130 Å². The zero-order valence-electron chi connectivity index (χ0n) is 11.7. The second-order valence-electron chi connectivity index (χ2n) is 5.04. The third kappa shape index (κ3) is 2.14. The maximum atomic E-state index is 10.0. The molecule has 6 heteroatoms. The van der Waals surface area contributed by atoms with Crippen LogP contribution in [-0.2, 0) is 0 Å². The minimum atomic E-state index is 0.0189. The van der Waals surface area contributed by atoms with Crippen LogP contribution >= 0.6 is 11.3 Å². The van der Waals surface area contributed by atoms with Crippen molar-refractivity contribution >= 4 is 43.3 Å². The van der Waals surface area contributed by atoms with Gasteiger partial charge in [-0.05, 0) is 31.2 Å². The number of H-pyrrole nitrogens is 1. The van der Waals surface area contributed by atoms with E-state index in [-0.39, 0.29) is 5.88 Å². The van der Waals surface area contributed by atoms with E-state index in [0.29, 0.717) is 10.8 Å². The summed E-state index contributed by atoms with van der Waals surface area (Å²) in [6.45, 7) is 2.00. The van der Waals surface area contributed by atoms with Crippen molar-refractivity contribution in [2.45, 2.75) is 6.92 Å². The highest BCUT2D eigenvalue weighted by atomic mass is 32.1. The number of rotatable bonds is 2. The molecule has 22 heavy (non-hydrogen) atoms. The van der Waals surface area contributed by atoms with E-state index in [4.69, 9.17) is 0 Å². The molecule has 2 N–H and O–H groups in total. The number of aromatic hydroxyl groups is 1. The number of fused-ring (bicyclic) bond motifs is 2. The summed E-state index contributed by atoms with van der Waals surface area (Å²) in [5.41, 5.74) is 3.28. The smallest absolute Gasteiger partial charge is 0.231 e. The highest BCUT2D eigenvalue weighted by Gasteiger charge is 2.11. The van der Waals surface area contributed by atoms with Crippen molar-refractivity contribution in [2.24, 2.45) is 10.2 Å². The zero-order valence-corrected chi connectivity index (χ0v) is 12.6. The van der Waals surface area contributed by atoms with Gasteiger partial charge >= 0.3 is 0 Å². The Morgan fingerprint density at radius 1 is 1.14 bits per heavy atom. The van der Waals surface area contributed by atoms with Crippen molar-refractivity contribution in [3.05, 3.63) is 48.0 Å². The van der Waals surface area contributed by atoms with Crippen LogP contribution in [-0.4, -0.2) is 15.1 Å². The molecule has 0 radical (unpaired) electrons. The monoisotopic (exact) mass is 308 g/mol. The Kier molecular flexibility index (Phi) is 2.90. The molecule has 2 aromatic carbocycles. The number of benzene rings is 2. The highest BCUT2D eigenvalue weighted by molar-refractivity contribution is 7.21. The van der Waals surface area contributed by atoms with Crippen LogP contribution in [0, 0.1) is 6.92 Å². The molecule has 0 unspecified atom stereocenters. The summed E-state index contributed by atoms with van der Waals surface area (Å²) < 4.78 is 1.07.